The molecule has 0 fully saturated rings. The quantitative estimate of drug-likeness (QED) is 0.604. The summed E-state index contributed by atoms with van der Waals surface area (Å²) in [5, 5.41) is 0. The molecule has 2 aromatic rings. The lowest BCUT2D eigenvalue weighted by Gasteiger charge is -2.18. The number of ether oxygens (including phenoxy) is 1. The average Bonchev–Trinajstić information content (AvgIpc) is 2.51. The number of unbranched alkanes of at least 4 members (excludes halogenated alkanes) is 2. The van der Waals surface area contributed by atoms with Gasteiger partial charge in [-0.15, -0.1) is 0 Å². The highest BCUT2D eigenvalue weighted by molar-refractivity contribution is 5.74. The van der Waals surface area contributed by atoms with Crippen LogP contribution in [0.4, 0.5) is 0 Å². The topological polar surface area (TPSA) is 9.23 Å². The minimum Gasteiger partial charge on any atom is -0.493 e. The second kappa shape index (κ2) is 7.31. The maximum Gasteiger partial charge on any atom is 0.130 e. The maximum atomic E-state index is 6.16. The Morgan fingerprint density at radius 2 is 1.62 bits per heavy atom. The summed E-state index contributed by atoms with van der Waals surface area (Å²) >= 11 is 0. The van der Waals surface area contributed by atoms with Crippen LogP contribution in [-0.2, 0) is 0 Å². The van der Waals surface area contributed by atoms with Crippen molar-refractivity contribution in [1.29, 1.82) is 0 Å². The van der Waals surface area contributed by atoms with Crippen LogP contribution in [0.2, 0.25) is 0 Å². The third-order valence-corrected chi connectivity index (χ3v) is 4.18. The van der Waals surface area contributed by atoms with Gasteiger partial charge in [-0.25, -0.2) is 0 Å². The van der Waals surface area contributed by atoms with Crippen LogP contribution in [0.5, 0.6) is 5.75 Å². The molecule has 0 heterocycles. The van der Waals surface area contributed by atoms with E-state index in [1.807, 2.05) is 0 Å². The lowest BCUT2D eigenvalue weighted by molar-refractivity contribution is 0.305. The second-order valence-corrected chi connectivity index (χ2v) is 5.74. The van der Waals surface area contributed by atoms with Gasteiger partial charge < -0.3 is 4.74 Å². The van der Waals surface area contributed by atoms with Crippen LogP contribution in [0.15, 0.2) is 36.4 Å². The first-order valence-corrected chi connectivity index (χ1v) is 7.94. The van der Waals surface area contributed by atoms with Gasteiger partial charge in [-0.05, 0) is 55.5 Å². The molecule has 0 aliphatic rings. The molecule has 0 aliphatic carbocycles. The molecular formula is C20H26O. The fourth-order valence-electron chi connectivity index (χ4n) is 2.60. The summed E-state index contributed by atoms with van der Waals surface area (Å²) in [6, 6.07) is 12.8. The molecule has 0 aromatic heterocycles. The van der Waals surface area contributed by atoms with Gasteiger partial charge in [0.15, 0.2) is 0 Å². The van der Waals surface area contributed by atoms with Gasteiger partial charge in [-0.1, -0.05) is 50.1 Å². The Labute approximate surface area is 129 Å². The van der Waals surface area contributed by atoms with E-state index < -0.39 is 0 Å². The number of hydrogen-bond acceptors (Lipinski definition) is 1. The first-order chi connectivity index (χ1) is 10.1. The predicted octanol–water partition coefficient (Wildman–Crippen LogP) is 5.85. The van der Waals surface area contributed by atoms with Crippen molar-refractivity contribution in [2.75, 3.05) is 6.61 Å². The molecule has 2 aromatic carbocycles. The van der Waals surface area contributed by atoms with Gasteiger partial charge in [0.25, 0.3) is 0 Å². The molecule has 0 saturated heterocycles. The molecule has 21 heavy (non-hydrogen) atoms. The zero-order valence-corrected chi connectivity index (χ0v) is 13.7. The molecule has 2 rings (SSSR count). The van der Waals surface area contributed by atoms with Crippen LogP contribution in [-0.4, -0.2) is 6.61 Å². The number of benzene rings is 2. The molecule has 0 spiro atoms. The first-order valence-electron chi connectivity index (χ1n) is 7.94. The van der Waals surface area contributed by atoms with E-state index in [-0.39, 0.29) is 0 Å². The van der Waals surface area contributed by atoms with Gasteiger partial charge in [0.2, 0.25) is 0 Å². The molecular weight excluding hydrogens is 256 g/mol. The van der Waals surface area contributed by atoms with Crippen LogP contribution in [0.3, 0.4) is 0 Å². The Balaban J connectivity index is 2.38. The minimum atomic E-state index is 0.803. The van der Waals surface area contributed by atoms with Crippen LogP contribution >= 0.6 is 0 Å². The van der Waals surface area contributed by atoms with Crippen molar-refractivity contribution >= 4 is 0 Å². The van der Waals surface area contributed by atoms with Crippen molar-refractivity contribution in [2.24, 2.45) is 0 Å². The largest absolute Gasteiger partial charge is 0.493 e. The predicted molar refractivity (Wildman–Crippen MR) is 91.1 cm³/mol. The molecule has 1 nitrogen and oxygen atoms in total. The van der Waals surface area contributed by atoms with Crippen LogP contribution in [0, 0.1) is 20.8 Å². The van der Waals surface area contributed by atoms with E-state index in [0.717, 1.165) is 18.8 Å². The van der Waals surface area contributed by atoms with Gasteiger partial charge in [0.1, 0.15) is 5.75 Å². The second-order valence-electron chi connectivity index (χ2n) is 5.74. The molecule has 1 heteroatoms. The SMILES string of the molecule is CCCCCOc1c(-c2ccccc2)cc(C)c(C)c1C. The molecule has 0 N–H and O–H groups in total. The fourth-order valence-corrected chi connectivity index (χ4v) is 2.60. The lowest BCUT2D eigenvalue weighted by atomic mass is 9.95. The summed E-state index contributed by atoms with van der Waals surface area (Å²) in [6.07, 6.45) is 3.57. The molecule has 0 saturated carbocycles. The monoisotopic (exact) mass is 282 g/mol. The van der Waals surface area contributed by atoms with Gasteiger partial charge in [-0.3, -0.25) is 0 Å². The van der Waals surface area contributed by atoms with E-state index in [9.17, 15) is 0 Å². The Kier molecular flexibility index (Phi) is 5.44. The zero-order chi connectivity index (χ0) is 15.2. The average molecular weight is 282 g/mol. The van der Waals surface area contributed by atoms with E-state index in [2.05, 4.69) is 64.1 Å². The van der Waals surface area contributed by atoms with Gasteiger partial charge in [0.05, 0.1) is 6.61 Å². The molecule has 0 radical (unpaired) electrons. The van der Waals surface area contributed by atoms with Gasteiger partial charge in [-0.2, -0.15) is 0 Å². The van der Waals surface area contributed by atoms with Crippen molar-refractivity contribution < 1.29 is 4.74 Å². The summed E-state index contributed by atoms with van der Waals surface area (Å²) in [7, 11) is 0. The molecule has 0 unspecified atom stereocenters. The Hall–Kier alpha value is -1.76. The van der Waals surface area contributed by atoms with Gasteiger partial charge >= 0.3 is 0 Å². The number of hydrogen-bond donors (Lipinski definition) is 0. The first kappa shape index (κ1) is 15.6. The summed E-state index contributed by atoms with van der Waals surface area (Å²) in [5.74, 6) is 1.06. The van der Waals surface area contributed by atoms with E-state index in [4.69, 9.17) is 4.74 Å². The summed E-state index contributed by atoms with van der Waals surface area (Å²) in [5.41, 5.74) is 6.37. The normalized spacial score (nSPS) is 10.7. The molecule has 0 amide bonds. The third-order valence-electron chi connectivity index (χ3n) is 4.18. The number of aryl methyl sites for hydroxylation is 1. The fraction of sp³-hybridized carbons (Fsp3) is 0.400. The molecule has 0 aliphatic heterocycles. The van der Waals surface area contributed by atoms with Crippen molar-refractivity contribution in [1.82, 2.24) is 0 Å². The van der Waals surface area contributed by atoms with Crippen molar-refractivity contribution in [3.05, 3.63) is 53.1 Å². The van der Waals surface area contributed by atoms with Crippen molar-refractivity contribution in [3.63, 3.8) is 0 Å². The Bertz CT molecular complexity index is 585. The van der Waals surface area contributed by atoms with Crippen LogP contribution in [0.25, 0.3) is 11.1 Å². The minimum absolute atomic E-state index is 0.803. The standard InChI is InChI=1S/C20H26O/c1-5-6-10-13-21-20-17(4)16(3)15(2)14-19(20)18-11-8-7-9-12-18/h7-9,11-12,14H,5-6,10,13H2,1-4H3. The Morgan fingerprint density at radius 1 is 0.905 bits per heavy atom. The van der Waals surface area contributed by atoms with Crippen molar-refractivity contribution in [2.45, 2.75) is 47.0 Å². The Morgan fingerprint density at radius 3 is 2.29 bits per heavy atom. The van der Waals surface area contributed by atoms with E-state index in [1.165, 1.54) is 40.7 Å². The van der Waals surface area contributed by atoms with Crippen molar-refractivity contribution in [3.8, 4) is 16.9 Å². The molecule has 112 valence electrons. The lowest BCUT2D eigenvalue weighted by Crippen LogP contribution is -2.03. The van der Waals surface area contributed by atoms with E-state index in [1.54, 1.807) is 0 Å². The summed E-state index contributed by atoms with van der Waals surface area (Å²) in [6.45, 7) is 9.55. The molecule has 0 bridgehead atoms. The number of rotatable bonds is 6. The van der Waals surface area contributed by atoms with E-state index in [0.29, 0.717) is 0 Å². The highest BCUT2D eigenvalue weighted by Crippen LogP contribution is 2.36. The highest BCUT2D eigenvalue weighted by atomic mass is 16.5. The third kappa shape index (κ3) is 3.66. The summed E-state index contributed by atoms with van der Waals surface area (Å²) in [4.78, 5) is 0. The highest BCUT2D eigenvalue weighted by Gasteiger charge is 2.13. The molecule has 0 atom stereocenters. The van der Waals surface area contributed by atoms with Gasteiger partial charge in [0, 0.05) is 5.56 Å². The smallest absolute Gasteiger partial charge is 0.130 e. The maximum absolute atomic E-state index is 6.16. The van der Waals surface area contributed by atoms with Crippen LogP contribution < -0.4 is 4.74 Å². The van der Waals surface area contributed by atoms with E-state index >= 15 is 0 Å². The zero-order valence-electron chi connectivity index (χ0n) is 13.7. The van der Waals surface area contributed by atoms with Crippen LogP contribution in [0.1, 0.15) is 42.9 Å². The summed E-state index contributed by atoms with van der Waals surface area (Å²) < 4.78 is 6.16.